The molecule has 1 atom stereocenters. The number of rotatable bonds is 7. The van der Waals surface area contributed by atoms with Crippen LogP contribution in [0.2, 0.25) is 0 Å². The van der Waals surface area contributed by atoms with E-state index in [9.17, 15) is 9.59 Å². The van der Waals surface area contributed by atoms with Gasteiger partial charge in [-0.15, -0.1) is 0 Å². The third-order valence-electron chi connectivity index (χ3n) is 2.48. The average molecular weight is 267 g/mol. The first-order valence-corrected chi connectivity index (χ1v) is 5.71. The molecule has 0 aliphatic carbocycles. The standard InChI is InChI=1S/C13H17NO5/c1-18-8-12(15)14-11(13(16)17)7-9-4-3-5-10(6-9)19-2/h3-6,11H,7-8H2,1-2H3,(H,14,15)(H,16,17)/t11-/m1/s1. The predicted octanol–water partition coefficient (Wildman–Crippen LogP) is 0.453. The van der Waals surface area contributed by atoms with Gasteiger partial charge in [-0.25, -0.2) is 4.79 Å². The highest BCUT2D eigenvalue weighted by atomic mass is 16.5. The fourth-order valence-electron chi connectivity index (χ4n) is 1.60. The van der Waals surface area contributed by atoms with Crippen LogP contribution in [-0.4, -0.2) is 43.9 Å². The summed E-state index contributed by atoms with van der Waals surface area (Å²) in [5.41, 5.74) is 0.768. The van der Waals surface area contributed by atoms with Crippen molar-refractivity contribution < 1.29 is 24.2 Å². The molecule has 1 rings (SSSR count). The Morgan fingerprint density at radius 3 is 2.68 bits per heavy atom. The Balaban J connectivity index is 2.72. The first kappa shape index (κ1) is 15.0. The molecule has 19 heavy (non-hydrogen) atoms. The normalized spacial score (nSPS) is 11.7. The highest BCUT2D eigenvalue weighted by molar-refractivity contribution is 5.84. The zero-order valence-electron chi connectivity index (χ0n) is 10.9. The summed E-state index contributed by atoms with van der Waals surface area (Å²) < 4.78 is 9.71. The predicted molar refractivity (Wildman–Crippen MR) is 68.1 cm³/mol. The van der Waals surface area contributed by atoms with Gasteiger partial charge in [0.1, 0.15) is 18.4 Å². The van der Waals surface area contributed by atoms with E-state index in [4.69, 9.17) is 9.84 Å². The molecule has 0 fully saturated rings. The van der Waals surface area contributed by atoms with E-state index in [2.05, 4.69) is 10.1 Å². The van der Waals surface area contributed by atoms with E-state index in [0.29, 0.717) is 5.75 Å². The molecule has 0 aromatic heterocycles. The first-order chi connectivity index (χ1) is 9.06. The second kappa shape index (κ2) is 7.38. The van der Waals surface area contributed by atoms with Crippen LogP contribution in [-0.2, 0) is 20.7 Å². The minimum Gasteiger partial charge on any atom is -0.497 e. The average Bonchev–Trinajstić information content (AvgIpc) is 2.38. The van der Waals surface area contributed by atoms with Crippen LogP contribution in [0.5, 0.6) is 5.75 Å². The molecule has 0 heterocycles. The van der Waals surface area contributed by atoms with Gasteiger partial charge in [0.05, 0.1) is 7.11 Å². The lowest BCUT2D eigenvalue weighted by molar-refractivity contribution is -0.142. The third kappa shape index (κ3) is 4.97. The van der Waals surface area contributed by atoms with Gasteiger partial charge in [0.15, 0.2) is 0 Å². The number of carbonyl (C=O) groups excluding carboxylic acids is 1. The minimum atomic E-state index is -1.09. The fraction of sp³-hybridized carbons (Fsp3) is 0.385. The number of benzene rings is 1. The number of ether oxygens (including phenoxy) is 2. The molecule has 1 aromatic rings. The van der Waals surface area contributed by atoms with Crippen LogP contribution in [0.3, 0.4) is 0 Å². The smallest absolute Gasteiger partial charge is 0.326 e. The SMILES string of the molecule is COCC(=O)N[C@H](Cc1cccc(OC)c1)C(=O)O. The zero-order chi connectivity index (χ0) is 14.3. The number of methoxy groups -OCH3 is 2. The Morgan fingerprint density at radius 1 is 1.37 bits per heavy atom. The Kier molecular flexibility index (Phi) is 5.81. The Labute approximate surface area is 111 Å². The Hall–Kier alpha value is -2.08. The highest BCUT2D eigenvalue weighted by Gasteiger charge is 2.20. The zero-order valence-corrected chi connectivity index (χ0v) is 10.9. The summed E-state index contributed by atoms with van der Waals surface area (Å²) in [5.74, 6) is -0.907. The van der Waals surface area contributed by atoms with Gasteiger partial charge in [-0.2, -0.15) is 0 Å². The molecule has 104 valence electrons. The summed E-state index contributed by atoms with van der Waals surface area (Å²) in [6.07, 6.45) is 0.183. The molecule has 2 N–H and O–H groups in total. The number of hydrogen-bond acceptors (Lipinski definition) is 4. The number of aliphatic carboxylic acids is 1. The molecule has 1 amide bonds. The van der Waals surface area contributed by atoms with Crippen molar-refractivity contribution in [1.82, 2.24) is 5.32 Å². The summed E-state index contributed by atoms with van der Waals surface area (Å²) in [4.78, 5) is 22.5. The van der Waals surface area contributed by atoms with Crippen LogP contribution < -0.4 is 10.1 Å². The minimum absolute atomic E-state index is 0.165. The maximum atomic E-state index is 11.3. The molecule has 1 aromatic carbocycles. The van der Waals surface area contributed by atoms with Gasteiger partial charge in [0.2, 0.25) is 5.91 Å². The fourth-order valence-corrected chi connectivity index (χ4v) is 1.60. The number of nitrogens with one attached hydrogen (secondary N) is 1. The van der Waals surface area contributed by atoms with Crippen molar-refractivity contribution in [2.75, 3.05) is 20.8 Å². The quantitative estimate of drug-likeness (QED) is 0.749. The number of carbonyl (C=O) groups is 2. The lowest BCUT2D eigenvalue weighted by Crippen LogP contribution is -2.43. The van der Waals surface area contributed by atoms with E-state index in [0.717, 1.165) is 5.56 Å². The number of carboxylic acids is 1. The maximum absolute atomic E-state index is 11.3. The van der Waals surface area contributed by atoms with Gasteiger partial charge in [-0.1, -0.05) is 12.1 Å². The van der Waals surface area contributed by atoms with Gasteiger partial charge >= 0.3 is 5.97 Å². The summed E-state index contributed by atoms with van der Waals surface area (Å²) in [5, 5.41) is 11.5. The Morgan fingerprint density at radius 2 is 2.11 bits per heavy atom. The van der Waals surface area contributed by atoms with Crippen molar-refractivity contribution >= 4 is 11.9 Å². The van der Waals surface area contributed by atoms with Gasteiger partial charge in [0.25, 0.3) is 0 Å². The molecule has 0 saturated heterocycles. The van der Waals surface area contributed by atoms with Crippen LogP contribution in [0.15, 0.2) is 24.3 Å². The van der Waals surface area contributed by atoms with Gasteiger partial charge < -0.3 is 19.9 Å². The summed E-state index contributed by atoms with van der Waals surface area (Å²) in [7, 11) is 2.91. The van der Waals surface area contributed by atoms with E-state index < -0.39 is 17.9 Å². The third-order valence-corrected chi connectivity index (χ3v) is 2.48. The molecule has 0 radical (unpaired) electrons. The molecule has 0 aliphatic rings. The molecule has 0 bridgehead atoms. The monoisotopic (exact) mass is 267 g/mol. The van der Waals surface area contributed by atoms with E-state index in [1.54, 1.807) is 24.3 Å². The van der Waals surface area contributed by atoms with E-state index in [1.807, 2.05) is 0 Å². The highest BCUT2D eigenvalue weighted by Crippen LogP contribution is 2.14. The molecular weight excluding hydrogens is 250 g/mol. The molecule has 0 saturated carbocycles. The molecule has 6 heteroatoms. The number of hydrogen-bond donors (Lipinski definition) is 2. The van der Waals surface area contributed by atoms with Crippen LogP contribution >= 0.6 is 0 Å². The van der Waals surface area contributed by atoms with Crippen molar-refractivity contribution in [3.05, 3.63) is 29.8 Å². The van der Waals surface area contributed by atoms with Gasteiger partial charge in [0, 0.05) is 13.5 Å². The first-order valence-electron chi connectivity index (χ1n) is 5.71. The van der Waals surface area contributed by atoms with Crippen LogP contribution in [0.25, 0.3) is 0 Å². The number of carboxylic acid groups (broad SMARTS) is 1. The molecular formula is C13H17NO5. The van der Waals surface area contributed by atoms with Crippen LogP contribution in [0, 0.1) is 0 Å². The lowest BCUT2D eigenvalue weighted by atomic mass is 10.1. The van der Waals surface area contributed by atoms with E-state index >= 15 is 0 Å². The van der Waals surface area contributed by atoms with Gasteiger partial charge in [-0.05, 0) is 17.7 Å². The second-order valence-corrected chi connectivity index (χ2v) is 3.95. The number of amides is 1. The van der Waals surface area contributed by atoms with Gasteiger partial charge in [-0.3, -0.25) is 4.79 Å². The van der Waals surface area contributed by atoms with Crippen molar-refractivity contribution in [3.63, 3.8) is 0 Å². The lowest BCUT2D eigenvalue weighted by Gasteiger charge is -2.14. The molecule has 0 unspecified atom stereocenters. The Bertz CT molecular complexity index is 446. The van der Waals surface area contributed by atoms with Crippen molar-refractivity contribution in [2.45, 2.75) is 12.5 Å². The molecule has 0 aliphatic heterocycles. The van der Waals surface area contributed by atoms with Crippen LogP contribution in [0.4, 0.5) is 0 Å². The van der Waals surface area contributed by atoms with Crippen molar-refractivity contribution in [2.24, 2.45) is 0 Å². The summed E-state index contributed by atoms with van der Waals surface area (Å²) in [6.45, 7) is -0.165. The molecule has 0 spiro atoms. The van der Waals surface area contributed by atoms with Crippen molar-refractivity contribution in [3.8, 4) is 5.75 Å². The summed E-state index contributed by atoms with van der Waals surface area (Å²) >= 11 is 0. The van der Waals surface area contributed by atoms with Crippen molar-refractivity contribution in [1.29, 1.82) is 0 Å². The topological polar surface area (TPSA) is 84.9 Å². The largest absolute Gasteiger partial charge is 0.497 e. The van der Waals surface area contributed by atoms with Crippen LogP contribution in [0.1, 0.15) is 5.56 Å². The van der Waals surface area contributed by atoms with E-state index in [-0.39, 0.29) is 13.0 Å². The van der Waals surface area contributed by atoms with E-state index in [1.165, 1.54) is 14.2 Å². The summed E-state index contributed by atoms with van der Waals surface area (Å²) in [6, 6.07) is 6.06. The molecule has 6 nitrogen and oxygen atoms in total. The second-order valence-electron chi connectivity index (χ2n) is 3.95. The maximum Gasteiger partial charge on any atom is 0.326 e.